The van der Waals surface area contributed by atoms with Gasteiger partial charge in [0.25, 0.3) is 0 Å². The van der Waals surface area contributed by atoms with E-state index in [0.717, 1.165) is 0 Å². The van der Waals surface area contributed by atoms with Gasteiger partial charge in [-0.2, -0.15) is 0 Å². The van der Waals surface area contributed by atoms with Crippen molar-refractivity contribution >= 4 is 5.78 Å². The van der Waals surface area contributed by atoms with Crippen LogP contribution in [0.3, 0.4) is 0 Å². The molecule has 0 spiro atoms. The van der Waals surface area contributed by atoms with Gasteiger partial charge in [0.15, 0.2) is 0 Å². The van der Waals surface area contributed by atoms with Crippen molar-refractivity contribution in [1.29, 1.82) is 0 Å². The number of hydrogen-bond acceptors (Lipinski definition) is 6. The molecular formula is C16H14O6. The number of ether oxygens (including phenoxy) is 2. The molecule has 0 saturated carbocycles. The van der Waals surface area contributed by atoms with Crippen molar-refractivity contribution in [3.8, 4) is 17.2 Å². The molecule has 3 rings (SSSR count). The van der Waals surface area contributed by atoms with Gasteiger partial charge in [0.05, 0.1) is 12.7 Å². The number of hydrogen-bond donors (Lipinski definition) is 3. The molecule has 0 aliphatic carbocycles. The average molecular weight is 302 g/mol. The Hall–Kier alpha value is -2.57. The number of phenols is 1. The van der Waals surface area contributed by atoms with Crippen molar-refractivity contribution in [2.75, 3.05) is 7.11 Å². The summed E-state index contributed by atoms with van der Waals surface area (Å²) in [5, 5.41) is 30.3. The SMILES string of the molecule is COc1ccc(C2(O)C(=O)c3ccc(O)cc3OC2O)cc1. The predicted molar refractivity (Wildman–Crippen MR) is 76.0 cm³/mol. The minimum atomic E-state index is -2.23. The molecule has 1 aliphatic rings. The number of carbonyl (C=O) groups is 1. The lowest BCUT2D eigenvalue weighted by Gasteiger charge is -2.36. The van der Waals surface area contributed by atoms with Crippen LogP contribution in [-0.2, 0) is 5.60 Å². The average Bonchev–Trinajstić information content (AvgIpc) is 2.52. The zero-order chi connectivity index (χ0) is 15.9. The van der Waals surface area contributed by atoms with E-state index in [4.69, 9.17) is 9.47 Å². The van der Waals surface area contributed by atoms with E-state index >= 15 is 0 Å². The molecule has 6 nitrogen and oxygen atoms in total. The summed E-state index contributed by atoms with van der Waals surface area (Å²) in [7, 11) is 1.50. The van der Waals surface area contributed by atoms with Gasteiger partial charge in [0.2, 0.25) is 17.7 Å². The minimum absolute atomic E-state index is 0.0238. The summed E-state index contributed by atoms with van der Waals surface area (Å²) in [6, 6.07) is 9.96. The van der Waals surface area contributed by atoms with Crippen LogP contribution in [0.15, 0.2) is 42.5 Å². The summed E-state index contributed by atoms with van der Waals surface area (Å²) >= 11 is 0. The third-order valence-electron chi connectivity index (χ3n) is 3.68. The van der Waals surface area contributed by atoms with E-state index in [1.54, 1.807) is 12.1 Å². The topological polar surface area (TPSA) is 96.2 Å². The van der Waals surface area contributed by atoms with Crippen molar-refractivity contribution in [3.63, 3.8) is 0 Å². The van der Waals surface area contributed by atoms with Crippen LogP contribution in [0.5, 0.6) is 17.2 Å². The monoisotopic (exact) mass is 302 g/mol. The Morgan fingerprint density at radius 1 is 1.18 bits per heavy atom. The van der Waals surface area contributed by atoms with Gasteiger partial charge in [-0.15, -0.1) is 0 Å². The smallest absolute Gasteiger partial charge is 0.238 e. The van der Waals surface area contributed by atoms with Crippen LogP contribution in [0, 0.1) is 0 Å². The lowest BCUT2D eigenvalue weighted by molar-refractivity contribution is -0.155. The maximum Gasteiger partial charge on any atom is 0.238 e. The molecule has 0 radical (unpaired) electrons. The highest BCUT2D eigenvalue weighted by atomic mass is 16.6. The summed E-state index contributed by atoms with van der Waals surface area (Å²) in [4.78, 5) is 12.6. The highest BCUT2D eigenvalue weighted by Gasteiger charge is 2.51. The Morgan fingerprint density at radius 3 is 2.50 bits per heavy atom. The molecule has 2 unspecified atom stereocenters. The van der Waals surface area contributed by atoms with Crippen LogP contribution >= 0.6 is 0 Å². The van der Waals surface area contributed by atoms with Crippen LogP contribution in [0.2, 0.25) is 0 Å². The molecule has 0 bridgehead atoms. The molecule has 22 heavy (non-hydrogen) atoms. The predicted octanol–water partition coefficient (Wildman–Crippen LogP) is 1.18. The first-order chi connectivity index (χ1) is 10.5. The maximum absolute atomic E-state index is 12.6. The summed E-state index contributed by atoms with van der Waals surface area (Å²) in [6.45, 7) is 0. The van der Waals surface area contributed by atoms with Crippen molar-refractivity contribution in [2.24, 2.45) is 0 Å². The lowest BCUT2D eigenvalue weighted by Crippen LogP contribution is -2.52. The van der Waals surface area contributed by atoms with E-state index in [2.05, 4.69) is 0 Å². The van der Waals surface area contributed by atoms with Crippen LogP contribution in [0.4, 0.5) is 0 Å². The number of fused-ring (bicyclic) bond motifs is 1. The second kappa shape index (κ2) is 5.01. The number of rotatable bonds is 2. The zero-order valence-electron chi connectivity index (χ0n) is 11.7. The Morgan fingerprint density at radius 2 is 1.86 bits per heavy atom. The lowest BCUT2D eigenvalue weighted by atomic mass is 9.83. The second-order valence-electron chi connectivity index (χ2n) is 4.97. The number of carbonyl (C=O) groups excluding carboxylic acids is 1. The molecule has 0 amide bonds. The fraction of sp³-hybridized carbons (Fsp3) is 0.188. The highest BCUT2D eigenvalue weighted by Crippen LogP contribution is 2.40. The number of aliphatic hydroxyl groups excluding tert-OH is 1. The van der Waals surface area contributed by atoms with Crippen molar-refractivity contribution in [2.45, 2.75) is 11.9 Å². The van der Waals surface area contributed by atoms with Gasteiger partial charge in [0.1, 0.15) is 17.2 Å². The summed E-state index contributed by atoms with van der Waals surface area (Å²) < 4.78 is 10.2. The Balaban J connectivity index is 2.09. The molecule has 0 aromatic heterocycles. The van der Waals surface area contributed by atoms with Gasteiger partial charge in [-0.05, 0) is 29.8 Å². The minimum Gasteiger partial charge on any atom is -0.508 e. The van der Waals surface area contributed by atoms with Gasteiger partial charge >= 0.3 is 0 Å². The quantitative estimate of drug-likeness (QED) is 0.771. The molecule has 1 aliphatic heterocycles. The Kier molecular flexibility index (Phi) is 3.27. The number of aromatic hydroxyl groups is 1. The van der Waals surface area contributed by atoms with Gasteiger partial charge in [-0.1, -0.05) is 12.1 Å². The fourth-order valence-corrected chi connectivity index (χ4v) is 2.44. The molecule has 2 atom stereocenters. The first kappa shape index (κ1) is 14.4. The van der Waals surface area contributed by atoms with E-state index in [1.165, 1.54) is 37.4 Å². The van der Waals surface area contributed by atoms with Gasteiger partial charge in [0, 0.05) is 6.07 Å². The second-order valence-corrected chi connectivity index (χ2v) is 4.97. The number of phenolic OH excluding ortho intramolecular Hbond substituents is 1. The van der Waals surface area contributed by atoms with E-state index in [9.17, 15) is 20.1 Å². The number of methoxy groups -OCH3 is 1. The maximum atomic E-state index is 12.6. The molecule has 0 fully saturated rings. The molecule has 6 heteroatoms. The van der Waals surface area contributed by atoms with Crippen molar-refractivity contribution in [3.05, 3.63) is 53.6 Å². The van der Waals surface area contributed by atoms with E-state index in [0.29, 0.717) is 5.75 Å². The van der Waals surface area contributed by atoms with Crippen LogP contribution in [-0.4, -0.2) is 34.5 Å². The Labute approximate surface area is 126 Å². The van der Waals surface area contributed by atoms with E-state index in [-0.39, 0.29) is 22.6 Å². The largest absolute Gasteiger partial charge is 0.508 e. The van der Waals surface area contributed by atoms with Crippen LogP contribution in [0.1, 0.15) is 15.9 Å². The Bertz CT molecular complexity index is 724. The standard InChI is InChI=1S/C16H14O6/c1-21-11-5-2-9(3-6-11)16(20)14(18)12-7-4-10(17)8-13(12)22-15(16)19/h2-8,15,17,19-20H,1H3. The summed E-state index contributed by atoms with van der Waals surface area (Å²) in [5.74, 6) is -0.230. The first-order valence-corrected chi connectivity index (χ1v) is 6.56. The molecule has 0 saturated heterocycles. The number of aliphatic hydroxyl groups is 2. The van der Waals surface area contributed by atoms with Crippen molar-refractivity contribution < 1.29 is 29.6 Å². The first-order valence-electron chi connectivity index (χ1n) is 6.56. The van der Waals surface area contributed by atoms with Crippen LogP contribution in [0.25, 0.3) is 0 Å². The van der Waals surface area contributed by atoms with Crippen molar-refractivity contribution in [1.82, 2.24) is 0 Å². The molecule has 2 aromatic rings. The molecule has 1 heterocycles. The molecular weight excluding hydrogens is 288 g/mol. The van der Waals surface area contributed by atoms with E-state index in [1.807, 2.05) is 0 Å². The third-order valence-corrected chi connectivity index (χ3v) is 3.68. The van der Waals surface area contributed by atoms with E-state index < -0.39 is 17.7 Å². The highest BCUT2D eigenvalue weighted by molar-refractivity contribution is 6.06. The third kappa shape index (κ3) is 2.01. The van der Waals surface area contributed by atoms with Gasteiger partial charge < -0.3 is 24.8 Å². The molecule has 3 N–H and O–H groups in total. The van der Waals surface area contributed by atoms with Crippen LogP contribution < -0.4 is 9.47 Å². The number of Topliss-reactive ketones (excluding diaryl/α,β-unsaturated/α-hetero) is 1. The number of benzene rings is 2. The van der Waals surface area contributed by atoms with Gasteiger partial charge in [-0.3, -0.25) is 4.79 Å². The number of ketones is 1. The van der Waals surface area contributed by atoms with Gasteiger partial charge in [-0.25, -0.2) is 0 Å². The fourth-order valence-electron chi connectivity index (χ4n) is 2.44. The summed E-state index contributed by atoms with van der Waals surface area (Å²) in [5.41, 5.74) is -1.96. The zero-order valence-corrected chi connectivity index (χ0v) is 11.7. The molecule has 2 aromatic carbocycles. The normalized spacial score (nSPS) is 23.6. The summed E-state index contributed by atoms with van der Waals surface area (Å²) in [6.07, 6.45) is -1.79. The molecule has 114 valence electrons.